The molecule has 0 saturated heterocycles. The van der Waals surface area contributed by atoms with Gasteiger partial charge in [-0.05, 0) is 55.2 Å². The molecule has 0 unspecified atom stereocenters. The molecule has 1 aliphatic rings. The first-order valence-electron chi connectivity index (χ1n) is 11.2. The number of carbonyl (C=O) groups excluding carboxylic acids is 2. The number of benzene rings is 3. The number of para-hydroxylation sites is 1. The van der Waals surface area contributed by atoms with Crippen LogP contribution in [0.1, 0.15) is 35.6 Å². The van der Waals surface area contributed by atoms with Crippen molar-refractivity contribution in [2.75, 3.05) is 11.9 Å². The molecule has 3 aromatic carbocycles. The highest BCUT2D eigenvalue weighted by molar-refractivity contribution is 6.36. The van der Waals surface area contributed by atoms with E-state index >= 15 is 0 Å². The van der Waals surface area contributed by atoms with Crippen LogP contribution < -0.4 is 10.1 Å². The number of aryl methyl sites for hydroxylation is 2. The fourth-order valence-electron chi connectivity index (χ4n) is 3.77. The normalized spacial score (nSPS) is 13.6. The van der Waals surface area contributed by atoms with Crippen molar-refractivity contribution in [3.05, 3.63) is 101 Å². The van der Waals surface area contributed by atoms with Crippen molar-refractivity contribution in [3.63, 3.8) is 0 Å². The van der Waals surface area contributed by atoms with Crippen molar-refractivity contribution < 1.29 is 14.3 Å². The van der Waals surface area contributed by atoms with Gasteiger partial charge in [0.25, 0.3) is 11.8 Å². The molecule has 3 aromatic rings. The highest BCUT2D eigenvalue weighted by atomic mass is 16.5. The van der Waals surface area contributed by atoms with Gasteiger partial charge in [0.2, 0.25) is 0 Å². The monoisotopic (exact) mass is 440 g/mol. The lowest BCUT2D eigenvalue weighted by Gasteiger charge is -2.16. The fraction of sp³-hybridized carbons (Fsp3) is 0.214. The number of hydrogen-bond donors (Lipinski definition) is 1. The van der Waals surface area contributed by atoms with Gasteiger partial charge >= 0.3 is 0 Å². The Morgan fingerprint density at radius 2 is 1.55 bits per heavy atom. The predicted molar refractivity (Wildman–Crippen MR) is 131 cm³/mol. The van der Waals surface area contributed by atoms with E-state index in [0.717, 1.165) is 34.5 Å². The summed E-state index contributed by atoms with van der Waals surface area (Å²) < 4.78 is 5.67. The molecule has 0 bridgehead atoms. The molecule has 1 heterocycles. The van der Waals surface area contributed by atoms with E-state index < -0.39 is 0 Å². The maximum atomic E-state index is 13.5. The second-order valence-electron chi connectivity index (χ2n) is 8.24. The number of amides is 2. The van der Waals surface area contributed by atoms with Crippen molar-refractivity contribution in [2.24, 2.45) is 0 Å². The molecule has 4 rings (SSSR count). The number of ether oxygens (including phenoxy) is 1. The first-order valence-corrected chi connectivity index (χ1v) is 11.2. The number of carbonyl (C=O) groups is 2. The van der Waals surface area contributed by atoms with Gasteiger partial charge in [0.15, 0.2) is 0 Å². The molecular weight excluding hydrogens is 412 g/mol. The molecule has 5 nitrogen and oxygen atoms in total. The third-order valence-corrected chi connectivity index (χ3v) is 5.65. The number of anilines is 1. The standard InChI is InChI=1S/C28H28N2O3/c1-4-17-33-23-15-13-22(14-16-23)25-26(29-24-8-6-5-7-20(24)3)28(32)30(27(25)31)18-21-11-9-19(2)10-12-21/h5-16,29H,4,17-18H2,1-3H3. The molecular formula is C28H28N2O3. The third-order valence-electron chi connectivity index (χ3n) is 5.65. The van der Waals surface area contributed by atoms with Gasteiger partial charge in [-0.25, -0.2) is 0 Å². The lowest BCUT2D eigenvalue weighted by Crippen LogP contribution is -2.32. The van der Waals surface area contributed by atoms with Crippen LogP contribution in [0, 0.1) is 13.8 Å². The van der Waals surface area contributed by atoms with E-state index in [2.05, 4.69) is 5.32 Å². The summed E-state index contributed by atoms with van der Waals surface area (Å²) in [6.07, 6.45) is 0.915. The topological polar surface area (TPSA) is 58.6 Å². The Kier molecular flexibility index (Phi) is 6.59. The van der Waals surface area contributed by atoms with Crippen LogP contribution in [0.5, 0.6) is 5.75 Å². The van der Waals surface area contributed by atoms with Crippen LogP contribution in [-0.2, 0) is 16.1 Å². The zero-order valence-corrected chi connectivity index (χ0v) is 19.2. The molecule has 168 valence electrons. The minimum absolute atomic E-state index is 0.220. The fourth-order valence-corrected chi connectivity index (χ4v) is 3.77. The van der Waals surface area contributed by atoms with Gasteiger partial charge in [0.1, 0.15) is 11.4 Å². The third kappa shape index (κ3) is 4.82. The van der Waals surface area contributed by atoms with Gasteiger partial charge in [-0.2, -0.15) is 0 Å². The van der Waals surface area contributed by atoms with Crippen LogP contribution in [-0.4, -0.2) is 23.3 Å². The van der Waals surface area contributed by atoms with Crippen molar-refractivity contribution in [1.82, 2.24) is 4.90 Å². The second-order valence-corrected chi connectivity index (χ2v) is 8.24. The van der Waals surface area contributed by atoms with E-state index in [1.54, 1.807) is 0 Å². The molecule has 1 N–H and O–H groups in total. The lowest BCUT2D eigenvalue weighted by atomic mass is 10.0. The summed E-state index contributed by atoms with van der Waals surface area (Å²) in [5.74, 6) is 0.104. The highest BCUT2D eigenvalue weighted by Gasteiger charge is 2.39. The van der Waals surface area contributed by atoms with E-state index in [4.69, 9.17) is 4.74 Å². The summed E-state index contributed by atoms with van der Waals surface area (Å²) in [6.45, 7) is 6.87. The Labute approximate surface area is 194 Å². The van der Waals surface area contributed by atoms with E-state index in [1.165, 1.54) is 4.90 Å². The van der Waals surface area contributed by atoms with Crippen LogP contribution in [0.3, 0.4) is 0 Å². The number of rotatable bonds is 8. The zero-order chi connectivity index (χ0) is 23.4. The maximum absolute atomic E-state index is 13.5. The number of imide groups is 1. The summed E-state index contributed by atoms with van der Waals surface area (Å²) in [5, 5.41) is 3.25. The molecule has 0 saturated carbocycles. The molecule has 0 spiro atoms. The lowest BCUT2D eigenvalue weighted by molar-refractivity contribution is -0.137. The number of nitrogens with zero attached hydrogens (tertiary/aromatic N) is 1. The largest absolute Gasteiger partial charge is 0.494 e. The zero-order valence-electron chi connectivity index (χ0n) is 19.2. The summed E-state index contributed by atoms with van der Waals surface area (Å²) >= 11 is 0. The van der Waals surface area contributed by atoms with E-state index in [0.29, 0.717) is 23.4 Å². The Bertz CT molecular complexity index is 1190. The van der Waals surface area contributed by atoms with Crippen molar-refractivity contribution in [3.8, 4) is 5.75 Å². The molecule has 0 atom stereocenters. The smallest absolute Gasteiger partial charge is 0.278 e. The Morgan fingerprint density at radius 1 is 0.848 bits per heavy atom. The van der Waals surface area contributed by atoms with Gasteiger partial charge in [-0.15, -0.1) is 0 Å². The van der Waals surface area contributed by atoms with Gasteiger partial charge in [-0.3, -0.25) is 14.5 Å². The minimum Gasteiger partial charge on any atom is -0.494 e. The Balaban J connectivity index is 1.70. The average Bonchev–Trinajstić information content (AvgIpc) is 3.05. The van der Waals surface area contributed by atoms with Crippen LogP contribution in [0.25, 0.3) is 5.57 Å². The molecule has 0 radical (unpaired) electrons. The van der Waals surface area contributed by atoms with Crippen LogP contribution in [0.2, 0.25) is 0 Å². The SMILES string of the molecule is CCCOc1ccc(C2=C(Nc3ccccc3C)C(=O)N(Cc3ccc(C)cc3)C2=O)cc1. The van der Waals surface area contributed by atoms with Crippen molar-refractivity contribution in [1.29, 1.82) is 0 Å². The Morgan fingerprint density at radius 3 is 2.21 bits per heavy atom. The average molecular weight is 441 g/mol. The molecule has 0 aliphatic carbocycles. The van der Waals surface area contributed by atoms with Crippen LogP contribution in [0.4, 0.5) is 5.69 Å². The van der Waals surface area contributed by atoms with Crippen molar-refractivity contribution >= 4 is 23.1 Å². The Hall–Kier alpha value is -3.86. The summed E-state index contributed by atoms with van der Waals surface area (Å²) in [4.78, 5) is 28.3. The maximum Gasteiger partial charge on any atom is 0.278 e. The van der Waals surface area contributed by atoms with Gasteiger partial charge < -0.3 is 10.1 Å². The van der Waals surface area contributed by atoms with E-state index in [-0.39, 0.29) is 18.4 Å². The van der Waals surface area contributed by atoms with Gasteiger partial charge in [0, 0.05) is 5.69 Å². The van der Waals surface area contributed by atoms with Crippen molar-refractivity contribution in [2.45, 2.75) is 33.7 Å². The molecule has 33 heavy (non-hydrogen) atoms. The first-order chi connectivity index (χ1) is 16.0. The minimum atomic E-state index is -0.329. The quantitative estimate of drug-likeness (QED) is 0.471. The van der Waals surface area contributed by atoms with Gasteiger partial charge in [0.05, 0.1) is 18.7 Å². The summed E-state index contributed by atoms with van der Waals surface area (Å²) in [5.41, 5.74) is 5.17. The van der Waals surface area contributed by atoms with Gasteiger partial charge in [-0.1, -0.05) is 67.1 Å². The van der Waals surface area contributed by atoms with Crippen LogP contribution in [0.15, 0.2) is 78.5 Å². The highest BCUT2D eigenvalue weighted by Crippen LogP contribution is 2.33. The van der Waals surface area contributed by atoms with Crippen LogP contribution >= 0.6 is 0 Å². The molecule has 1 aliphatic heterocycles. The molecule has 0 aromatic heterocycles. The predicted octanol–water partition coefficient (Wildman–Crippen LogP) is 5.48. The number of hydrogen-bond acceptors (Lipinski definition) is 4. The first kappa shape index (κ1) is 22.3. The summed E-state index contributed by atoms with van der Waals surface area (Å²) in [7, 11) is 0. The number of nitrogens with one attached hydrogen (secondary N) is 1. The van der Waals surface area contributed by atoms with E-state index in [9.17, 15) is 9.59 Å². The molecule has 2 amide bonds. The van der Waals surface area contributed by atoms with E-state index in [1.807, 2.05) is 93.6 Å². The second kappa shape index (κ2) is 9.74. The summed E-state index contributed by atoms with van der Waals surface area (Å²) in [6, 6.07) is 22.9. The molecule has 5 heteroatoms. The molecule has 0 fully saturated rings.